The summed E-state index contributed by atoms with van der Waals surface area (Å²) in [5, 5.41) is 0. The summed E-state index contributed by atoms with van der Waals surface area (Å²) < 4.78 is 0. The van der Waals surface area contributed by atoms with Gasteiger partial charge in [0.15, 0.2) is 0 Å². The van der Waals surface area contributed by atoms with Crippen molar-refractivity contribution >= 4 is 5.69 Å². The van der Waals surface area contributed by atoms with Crippen LogP contribution >= 0.6 is 0 Å². The number of anilines is 1. The Balaban J connectivity index is 1.74. The van der Waals surface area contributed by atoms with Gasteiger partial charge in [0.05, 0.1) is 0 Å². The molecule has 0 heterocycles. The predicted octanol–water partition coefficient (Wildman–Crippen LogP) is 5.40. The molecular formula is C23H25N. The molecule has 0 spiro atoms. The van der Waals surface area contributed by atoms with E-state index in [2.05, 4.69) is 104 Å². The monoisotopic (exact) mass is 315 g/mol. The van der Waals surface area contributed by atoms with Gasteiger partial charge in [0.25, 0.3) is 0 Å². The molecule has 0 fully saturated rings. The van der Waals surface area contributed by atoms with Gasteiger partial charge in [0.1, 0.15) is 0 Å². The van der Waals surface area contributed by atoms with Crippen LogP contribution in [0.5, 0.6) is 0 Å². The molecule has 0 amide bonds. The van der Waals surface area contributed by atoms with Crippen LogP contribution in [0.4, 0.5) is 5.69 Å². The first-order valence-corrected chi connectivity index (χ1v) is 8.51. The van der Waals surface area contributed by atoms with E-state index < -0.39 is 0 Å². The highest BCUT2D eigenvalue weighted by Gasteiger charge is 2.23. The molecule has 0 bridgehead atoms. The van der Waals surface area contributed by atoms with Crippen molar-refractivity contribution in [3.63, 3.8) is 0 Å². The van der Waals surface area contributed by atoms with Gasteiger partial charge in [-0.1, -0.05) is 79.0 Å². The van der Waals surface area contributed by atoms with Crippen LogP contribution in [-0.2, 0) is 0 Å². The highest BCUT2D eigenvalue weighted by molar-refractivity contribution is 5.48. The minimum absolute atomic E-state index is 0.354. The summed E-state index contributed by atoms with van der Waals surface area (Å²) in [6.45, 7) is 7.24. The second kappa shape index (κ2) is 7.35. The molecule has 1 aromatic carbocycles. The lowest BCUT2D eigenvalue weighted by atomic mass is 9.77. The Labute approximate surface area is 145 Å². The lowest BCUT2D eigenvalue weighted by Crippen LogP contribution is -2.20. The summed E-state index contributed by atoms with van der Waals surface area (Å²) in [6, 6.07) is 8.68. The smallest absolute Gasteiger partial charge is 0.0366 e. The molecule has 1 aromatic rings. The number of likely N-dealkylation sites (N-methyl/N-ethyl adjacent to an activating group) is 1. The summed E-state index contributed by atoms with van der Waals surface area (Å²) in [5.74, 6) is 0.724. The molecule has 0 radical (unpaired) electrons. The minimum atomic E-state index is 0.354. The Morgan fingerprint density at radius 1 is 0.958 bits per heavy atom. The van der Waals surface area contributed by atoms with Gasteiger partial charge in [0.2, 0.25) is 0 Å². The van der Waals surface area contributed by atoms with Gasteiger partial charge in [-0.2, -0.15) is 0 Å². The van der Waals surface area contributed by atoms with E-state index >= 15 is 0 Å². The zero-order valence-corrected chi connectivity index (χ0v) is 14.5. The Kier molecular flexibility index (Phi) is 5.00. The number of rotatable bonds is 4. The molecule has 0 aliphatic heterocycles. The van der Waals surface area contributed by atoms with E-state index in [1.807, 2.05) is 0 Å². The largest absolute Gasteiger partial charge is 0.371 e. The van der Waals surface area contributed by atoms with E-state index in [0.717, 1.165) is 6.54 Å². The summed E-state index contributed by atoms with van der Waals surface area (Å²) in [4.78, 5) is 2.28. The average molecular weight is 315 g/mol. The van der Waals surface area contributed by atoms with Crippen LogP contribution in [0, 0.1) is 18.8 Å². The van der Waals surface area contributed by atoms with E-state index in [4.69, 9.17) is 0 Å². The second-order valence-electron chi connectivity index (χ2n) is 6.53. The van der Waals surface area contributed by atoms with Crippen molar-refractivity contribution in [3.05, 3.63) is 102 Å². The predicted molar refractivity (Wildman–Crippen MR) is 105 cm³/mol. The van der Waals surface area contributed by atoms with Crippen LogP contribution in [0.25, 0.3) is 0 Å². The molecule has 0 N–H and O–H groups in total. The maximum absolute atomic E-state index is 4.22. The van der Waals surface area contributed by atoms with Crippen molar-refractivity contribution in [1.29, 1.82) is 0 Å². The molecule has 2 unspecified atom stereocenters. The van der Waals surface area contributed by atoms with Gasteiger partial charge >= 0.3 is 0 Å². The molecule has 122 valence electrons. The zero-order chi connectivity index (χ0) is 16.9. The first-order valence-electron chi connectivity index (χ1n) is 8.51. The molecule has 1 heteroatoms. The fourth-order valence-electron chi connectivity index (χ4n) is 3.20. The molecule has 2 aliphatic rings. The van der Waals surface area contributed by atoms with E-state index in [-0.39, 0.29) is 0 Å². The van der Waals surface area contributed by atoms with Gasteiger partial charge in [-0.3, -0.25) is 0 Å². The van der Waals surface area contributed by atoms with Crippen LogP contribution in [0.3, 0.4) is 0 Å². The molecule has 0 saturated carbocycles. The van der Waals surface area contributed by atoms with Crippen LogP contribution in [0.15, 0.2) is 96.7 Å². The first-order chi connectivity index (χ1) is 11.6. The molecule has 0 aromatic heterocycles. The normalized spacial score (nSPS) is 23.9. The lowest BCUT2D eigenvalue weighted by molar-refractivity contribution is 0.623. The molecule has 24 heavy (non-hydrogen) atoms. The number of hydrogen-bond acceptors (Lipinski definition) is 1. The number of allylic oxidation sites excluding steroid dienone is 10. The lowest BCUT2D eigenvalue weighted by Gasteiger charge is -2.27. The van der Waals surface area contributed by atoms with Crippen molar-refractivity contribution in [1.82, 2.24) is 0 Å². The maximum atomic E-state index is 4.22. The van der Waals surface area contributed by atoms with Crippen LogP contribution < -0.4 is 4.90 Å². The summed E-state index contributed by atoms with van der Waals surface area (Å²) in [5.41, 5.74) is 5.08. The average Bonchev–Trinajstić information content (AvgIpc) is 2.61. The number of nitrogens with zero attached hydrogens (tertiary/aromatic N) is 1. The third-order valence-corrected chi connectivity index (χ3v) is 4.73. The SMILES string of the molecule is C=C1C=CC=CC1C1C=CC=C/C1=C/CN(C)c1ccc(C)cc1. The molecule has 1 nitrogen and oxygen atoms in total. The van der Waals surface area contributed by atoms with Gasteiger partial charge < -0.3 is 4.90 Å². The number of hydrogen-bond donors (Lipinski definition) is 0. The van der Waals surface area contributed by atoms with E-state index in [1.54, 1.807) is 0 Å². The molecule has 2 atom stereocenters. The quantitative estimate of drug-likeness (QED) is 0.719. The highest BCUT2D eigenvalue weighted by Crippen LogP contribution is 2.34. The van der Waals surface area contributed by atoms with Crippen LogP contribution in [0.2, 0.25) is 0 Å². The third-order valence-electron chi connectivity index (χ3n) is 4.73. The third kappa shape index (κ3) is 3.68. The van der Waals surface area contributed by atoms with Crippen molar-refractivity contribution < 1.29 is 0 Å². The molecular weight excluding hydrogens is 290 g/mol. The van der Waals surface area contributed by atoms with Gasteiger partial charge in [-0.05, 0) is 30.2 Å². The zero-order valence-electron chi connectivity index (χ0n) is 14.5. The Hall–Kier alpha value is -2.54. The standard InChI is InChI=1S/C23H25N/c1-18-12-14-21(15-13-18)24(3)17-16-20-9-5-7-11-23(20)22-10-6-4-8-19(22)2/h4-16,22-23H,2,17H2,1,3H3/b20-16-. The Morgan fingerprint density at radius 3 is 2.33 bits per heavy atom. The van der Waals surface area contributed by atoms with E-state index in [9.17, 15) is 0 Å². The molecule has 0 saturated heterocycles. The van der Waals surface area contributed by atoms with Gasteiger partial charge in [-0.25, -0.2) is 0 Å². The molecule has 3 rings (SSSR count). The van der Waals surface area contributed by atoms with Crippen molar-refractivity contribution in [2.45, 2.75) is 6.92 Å². The number of benzene rings is 1. The van der Waals surface area contributed by atoms with Gasteiger partial charge in [-0.15, -0.1) is 0 Å². The first kappa shape index (κ1) is 16.3. The number of aryl methyl sites for hydroxylation is 1. The Morgan fingerprint density at radius 2 is 1.62 bits per heavy atom. The summed E-state index contributed by atoms with van der Waals surface area (Å²) >= 11 is 0. The van der Waals surface area contributed by atoms with Crippen LogP contribution in [0.1, 0.15) is 5.56 Å². The van der Waals surface area contributed by atoms with E-state index in [0.29, 0.717) is 11.8 Å². The van der Waals surface area contributed by atoms with E-state index in [1.165, 1.54) is 22.4 Å². The Bertz CT molecular complexity index is 741. The summed E-state index contributed by atoms with van der Waals surface area (Å²) in [7, 11) is 2.14. The maximum Gasteiger partial charge on any atom is 0.0366 e. The molecule has 2 aliphatic carbocycles. The minimum Gasteiger partial charge on any atom is -0.371 e. The fourth-order valence-corrected chi connectivity index (χ4v) is 3.20. The fraction of sp³-hybridized carbons (Fsp3) is 0.217. The second-order valence-corrected chi connectivity index (χ2v) is 6.53. The van der Waals surface area contributed by atoms with Crippen LogP contribution in [-0.4, -0.2) is 13.6 Å². The summed E-state index contributed by atoms with van der Waals surface area (Å²) in [6.07, 6.45) is 19.7. The van der Waals surface area contributed by atoms with Crippen molar-refractivity contribution in [3.8, 4) is 0 Å². The highest BCUT2D eigenvalue weighted by atomic mass is 15.1. The van der Waals surface area contributed by atoms with Gasteiger partial charge in [0, 0.05) is 31.1 Å². The topological polar surface area (TPSA) is 3.24 Å². The van der Waals surface area contributed by atoms with Crippen molar-refractivity contribution in [2.75, 3.05) is 18.5 Å². The van der Waals surface area contributed by atoms with Crippen molar-refractivity contribution in [2.24, 2.45) is 11.8 Å².